The van der Waals surface area contributed by atoms with Crippen LogP contribution in [0.5, 0.6) is 5.75 Å². The Morgan fingerprint density at radius 2 is 1.71 bits per heavy atom. The number of nitrogens with two attached hydrogens (primary N) is 1. The predicted molar refractivity (Wildman–Crippen MR) is 90.4 cm³/mol. The van der Waals surface area contributed by atoms with Gasteiger partial charge in [-0.3, -0.25) is 0 Å². The third-order valence-electron chi connectivity index (χ3n) is 3.24. The van der Waals surface area contributed by atoms with Crippen molar-refractivity contribution in [2.24, 2.45) is 0 Å². The highest BCUT2D eigenvalue weighted by atomic mass is 16.5. The highest BCUT2D eigenvalue weighted by Gasteiger charge is 2.08. The summed E-state index contributed by atoms with van der Waals surface area (Å²) >= 11 is 0. The van der Waals surface area contributed by atoms with Crippen LogP contribution in [0.3, 0.4) is 0 Å². The molecule has 112 valence electrons. The molecule has 0 amide bonds. The van der Waals surface area contributed by atoms with Crippen molar-refractivity contribution >= 4 is 17.1 Å². The van der Waals surface area contributed by atoms with Crippen LogP contribution in [0, 0.1) is 0 Å². The van der Waals surface area contributed by atoms with E-state index in [9.17, 15) is 0 Å². The average Bonchev–Trinajstić information content (AvgIpc) is 2.42. The fourth-order valence-electron chi connectivity index (χ4n) is 2.24. The van der Waals surface area contributed by atoms with Crippen LogP contribution < -0.4 is 15.8 Å². The van der Waals surface area contributed by atoms with Crippen LogP contribution >= 0.6 is 0 Å². The standard InChI is InChI=1S/C18H24N2O/c1-12(2)15-7-5-6-8-17(15)20-14-9-10-16(19)18(11-14)21-13(3)4/h5-13,20H,19H2,1-4H3. The molecule has 0 aliphatic rings. The number of hydrogen-bond donors (Lipinski definition) is 2. The van der Waals surface area contributed by atoms with E-state index in [1.54, 1.807) is 0 Å². The van der Waals surface area contributed by atoms with Crippen LogP contribution in [-0.4, -0.2) is 6.10 Å². The Hall–Kier alpha value is -2.16. The van der Waals surface area contributed by atoms with Crippen molar-refractivity contribution in [3.05, 3.63) is 48.0 Å². The maximum Gasteiger partial charge on any atom is 0.144 e. The second-order valence-corrected chi connectivity index (χ2v) is 5.79. The minimum atomic E-state index is 0.102. The Bertz CT molecular complexity index is 606. The Labute approximate surface area is 127 Å². The Kier molecular flexibility index (Phi) is 4.73. The summed E-state index contributed by atoms with van der Waals surface area (Å²) in [5.41, 5.74) is 10.0. The summed E-state index contributed by atoms with van der Waals surface area (Å²) in [7, 11) is 0. The molecule has 0 aliphatic carbocycles. The lowest BCUT2D eigenvalue weighted by Crippen LogP contribution is -2.08. The largest absolute Gasteiger partial charge is 0.489 e. The number of nitrogen functional groups attached to an aromatic ring is 1. The van der Waals surface area contributed by atoms with Gasteiger partial charge in [0.1, 0.15) is 5.75 Å². The first kappa shape index (κ1) is 15.2. The molecule has 2 rings (SSSR count). The van der Waals surface area contributed by atoms with Crippen LogP contribution in [0.15, 0.2) is 42.5 Å². The molecule has 2 aromatic carbocycles. The summed E-state index contributed by atoms with van der Waals surface area (Å²) < 4.78 is 5.74. The molecule has 0 saturated carbocycles. The van der Waals surface area contributed by atoms with E-state index in [0.717, 1.165) is 17.1 Å². The maximum absolute atomic E-state index is 5.96. The number of hydrogen-bond acceptors (Lipinski definition) is 3. The first-order valence-electron chi connectivity index (χ1n) is 7.39. The quantitative estimate of drug-likeness (QED) is 0.766. The van der Waals surface area contributed by atoms with Crippen molar-refractivity contribution in [1.82, 2.24) is 0 Å². The lowest BCUT2D eigenvalue weighted by Gasteiger charge is -2.17. The molecule has 0 spiro atoms. The molecule has 0 saturated heterocycles. The molecule has 0 heterocycles. The van der Waals surface area contributed by atoms with Crippen molar-refractivity contribution in [2.75, 3.05) is 11.1 Å². The van der Waals surface area contributed by atoms with Crippen LogP contribution in [0.4, 0.5) is 17.1 Å². The third-order valence-corrected chi connectivity index (χ3v) is 3.24. The zero-order valence-electron chi connectivity index (χ0n) is 13.2. The first-order chi connectivity index (χ1) is 9.97. The zero-order valence-corrected chi connectivity index (χ0v) is 13.2. The average molecular weight is 284 g/mol. The van der Waals surface area contributed by atoms with Gasteiger partial charge in [-0.25, -0.2) is 0 Å². The van der Waals surface area contributed by atoms with Gasteiger partial charge in [-0.2, -0.15) is 0 Å². The van der Waals surface area contributed by atoms with Crippen LogP contribution in [0.25, 0.3) is 0 Å². The third kappa shape index (κ3) is 3.91. The summed E-state index contributed by atoms with van der Waals surface area (Å²) in [6.07, 6.45) is 0.102. The summed E-state index contributed by atoms with van der Waals surface area (Å²) in [5, 5.41) is 3.46. The predicted octanol–water partition coefficient (Wildman–Crippen LogP) is 4.92. The van der Waals surface area contributed by atoms with Crippen LogP contribution in [-0.2, 0) is 0 Å². The first-order valence-corrected chi connectivity index (χ1v) is 7.39. The molecule has 2 aromatic rings. The van der Waals surface area contributed by atoms with Gasteiger partial charge in [0.2, 0.25) is 0 Å². The van der Waals surface area contributed by atoms with Gasteiger partial charge in [0.25, 0.3) is 0 Å². The van der Waals surface area contributed by atoms with Gasteiger partial charge in [0.15, 0.2) is 0 Å². The molecule has 0 aliphatic heterocycles. The molecule has 0 radical (unpaired) electrons. The molecule has 0 bridgehead atoms. The number of benzene rings is 2. The van der Waals surface area contributed by atoms with E-state index < -0.39 is 0 Å². The maximum atomic E-state index is 5.96. The second kappa shape index (κ2) is 6.53. The lowest BCUT2D eigenvalue weighted by molar-refractivity contribution is 0.244. The summed E-state index contributed by atoms with van der Waals surface area (Å²) in [6, 6.07) is 14.1. The number of nitrogens with one attached hydrogen (secondary N) is 1. The molecule has 3 nitrogen and oxygen atoms in total. The molecule has 21 heavy (non-hydrogen) atoms. The van der Waals surface area contributed by atoms with Gasteiger partial charge in [-0.1, -0.05) is 32.0 Å². The summed E-state index contributed by atoms with van der Waals surface area (Å²) in [4.78, 5) is 0. The van der Waals surface area contributed by atoms with Gasteiger partial charge >= 0.3 is 0 Å². The van der Waals surface area contributed by atoms with Crippen molar-refractivity contribution in [3.63, 3.8) is 0 Å². The van der Waals surface area contributed by atoms with Gasteiger partial charge in [-0.05, 0) is 43.5 Å². The Balaban J connectivity index is 2.28. The van der Waals surface area contributed by atoms with Crippen molar-refractivity contribution in [2.45, 2.75) is 39.7 Å². The molecule has 0 fully saturated rings. The van der Waals surface area contributed by atoms with Crippen molar-refractivity contribution in [3.8, 4) is 5.75 Å². The van der Waals surface area contributed by atoms with Gasteiger partial charge in [0, 0.05) is 17.4 Å². The smallest absolute Gasteiger partial charge is 0.144 e. The van der Waals surface area contributed by atoms with E-state index in [2.05, 4.69) is 37.4 Å². The van der Waals surface area contributed by atoms with Gasteiger partial charge < -0.3 is 15.8 Å². The van der Waals surface area contributed by atoms with E-state index in [1.165, 1.54) is 5.56 Å². The summed E-state index contributed by atoms with van der Waals surface area (Å²) in [6.45, 7) is 8.37. The molecule has 3 heteroatoms. The number of anilines is 3. The van der Waals surface area contributed by atoms with E-state index in [-0.39, 0.29) is 6.10 Å². The van der Waals surface area contributed by atoms with Crippen molar-refractivity contribution < 1.29 is 4.74 Å². The lowest BCUT2D eigenvalue weighted by atomic mass is 10.0. The highest BCUT2D eigenvalue weighted by Crippen LogP contribution is 2.31. The number of rotatable bonds is 5. The molecule has 0 atom stereocenters. The minimum Gasteiger partial charge on any atom is -0.489 e. The minimum absolute atomic E-state index is 0.102. The molecular formula is C18H24N2O. The molecular weight excluding hydrogens is 260 g/mol. The fourth-order valence-corrected chi connectivity index (χ4v) is 2.24. The van der Waals surface area contributed by atoms with Gasteiger partial charge in [0.05, 0.1) is 11.8 Å². The van der Waals surface area contributed by atoms with E-state index in [0.29, 0.717) is 11.6 Å². The molecule has 3 N–H and O–H groups in total. The molecule has 0 aromatic heterocycles. The topological polar surface area (TPSA) is 47.3 Å². The van der Waals surface area contributed by atoms with Gasteiger partial charge in [-0.15, -0.1) is 0 Å². The Morgan fingerprint density at radius 3 is 2.38 bits per heavy atom. The van der Waals surface area contributed by atoms with E-state index >= 15 is 0 Å². The molecule has 0 unspecified atom stereocenters. The Morgan fingerprint density at radius 1 is 1.00 bits per heavy atom. The summed E-state index contributed by atoms with van der Waals surface area (Å²) in [5.74, 6) is 1.19. The van der Waals surface area contributed by atoms with Crippen LogP contribution in [0.2, 0.25) is 0 Å². The zero-order chi connectivity index (χ0) is 15.4. The highest BCUT2D eigenvalue weighted by molar-refractivity contribution is 5.68. The number of ether oxygens (including phenoxy) is 1. The monoisotopic (exact) mass is 284 g/mol. The van der Waals surface area contributed by atoms with E-state index in [1.807, 2.05) is 38.1 Å². The number of para-hydroxylation sites is 1. The van der Waals surface area contributed by atoms with Crippen LogP contribution in [0.1, 0.15) is 39.2 Å². The SMILES string of the molecule is CC(C)Oc1cc(Nc2ccccc2C(C)C)ccc1N. The van der Waals surface area contributed by atoms with Crippen molar-refractivity contribution in [1.29, 1.82) is 0 Å². The second-order valence-electron chi connectivity index (χ2n) is 5.79. The normalized spacial score (nSPS) is 11.0. The van der Waals surface area contributed by atoms with E-state index in [4.69, 9.17) is 10.5 Å². The fraction of sp³-hybridized carbons (Fsp3) is 0.333.